The van der Waals surface area contributed by atoms with E-state index in [1.165, 1.54) is 25.1 Å². The Morgan fingerprint density at radius 2 is 1.81 bits per heavy atom. The molecular formula is C25H31Cl2FN4O4S. The largest absolute Gasteiger partial charge is 0.351 e. The summed E-state index contributed by atoms with van der Waals surface area (Å²) in [5.41, 5.74) is 2.94. The van der Waals surface area contributed by atoms with E-state index in [1.807, 2.05) is 0 Å². The van der Waals surface area contributed by atoms with E-state index in [0.717, 1.165) is 43.1 Å². The lowest BCUT2D eigenvalue weighted by Gasteiger charge is -2.35. The lowest BCUT2D eigenvalue weighted by Crippen LogP contribution is -2.55. The van der Waals surface area contributed by atoms with Crippen LogP contribution in [0.3, 0.4) is 0 Å². The first-order chi connectivity index (χ1) is 17.6. The molecule has 1 aliphatic rings. The third kappa shape index (κ3) is 8.12. The number of hydrogen-bond donors (Lipinski definition) is 3. The summed E-state index contributed by atoms with van der Waals surface area (Å²) in [6.07, 6.45) is 4.69. The lowest BCUT2D eigenvalue weighted by molar-refractivity contribution is -0.128. The summed E-state index contributed by atoms with van der Waals surface area (Å²) in [4.78, 5) is 30.9. The Labute approximate surface area is 226 Å². The first-order valence-electron chi connectivity index (χ1n) is 12.1. The van der Waals surface area contributed by atoms with Crippen LogP contribution in [0, 0.1) is 5.82 Å². The van der Waals surface area contributed by atoms with Crippen molar-refractivity contribution in [3.63, 3.8) is 0 Å². The zero-order valence-corrected chi connectivity index (χ0v) is 22.8. The lowest BCUT2D eigenvalue weighted by atomic mass is 9.94. The van der Waals surface area contributed by atoms with Gasteiger partial charge in [-0.3, -0.25) is 14.5 Å². The number of alkyl halides is 1. The van der Waals surface area contributed by atoms with Gasteiger partial charge in [0.2, 0.25) is 21.8 Å². The minimum atomic E-state index is -3.80. The SMILES string of the molecule is C[C@H](NNS(=O)(=O)CCCl)C(=O)N(c1cccc(F)c1)C(C(=O)NC1CCCCC1)c1ccccc1Cl. The van der Waals surface area contributed by atoms with E-state index in [9.17, 15) is 22.4 Å². The highest BCUT2D eigenvalue weighted by molar-refractivity contribution is 7.89. The highest BCUT2D eigenvalue weighted by atomic mass is 35.5. The van der Waals surface area contributed by atoms with Crippen LogP contribution in [0.1, 0.15) is 50.6 Å². The van der Waals surface area contributed by atoms with Crippen molar-refractivity contribution in [3.8, 4) is 0 Å². The van der Waals surface area contributed by atoms with Gasteiger partial charge < -0.3 is 5.32 Å². The molecule has 12 heteroatoms. The van der Waals surface area contributed by atoms with Gasteiger partial charge in [0.15, 0.2) is 0 Å². The fourth-order valence-electron chi connectivity index (χ4n) is 4.25. The molecule has 0 saturated heterocycles. The maximum absolute atomic E-state index is 14.3. The van der Waals surface area contributed by atoms with E-state index in [1.54, 1.807) is 24.3 Å². The van der Waals surface area contributed by atoms with Crippen LogP contribution in [-0.4, -0.2) is 43.9 Å². The molecule has 202 valence electrons. The van der Waals surface area contributed by atoms with Crippen molar-refractivity contribution in [2.45, 2.75) is 57.2 Å². The number of carbonyl (C=O) groups excluding carboxylic acids is 2. The minimum Gasteiger partial charge on any atom is -0.351 e. The van der Waals surface area contributed by atoms with E-state index < -0.39 is 39.7 Å². The second-order valence-electron chi connectivity index (χ2n) is 8.93. The van der Waals surface area contributed by atoms with Crippen molar-refractivity contribution in [1.82, 2.24) is 15.6 Å². The van der Waals surface area contributed by atoms with Crippen LogP contribution in [0.4, 0.5) is 10.1 Å². The van der Waals surface area contributed by atoms with Crippen molar-refractivity contribution >= 4 is 50.7 Å². The van der Waals surface area contributed by atoms with Gasteiger partial charge in [-0.2, -0.15) is 4.83 Å². The zero-order valence-electron chi connectivity index (χ0n) is 20.4. The van der Waals surface area contributed by atoms with E-state index in [2.05, 4.69) is 15.6 Å². The Hall–Kier alpha value is -2.24. The molecule has 2 aromatic rings. The molecule has 1 unspecified atom stereocenters. The predicted octanol–water partition coefficient (Wildman–Crippen LogP) is 4.05. The summed E-state index contributed by atoms with van der Waals surface area (Å²) < 4.78 is 38.4. The van der Waals surface area contributed by atoms with Crippen molar-refractivity contribution in [1.29, 1.82) is 0 Å². The van der Waals surface area contributed by atoms with Crippen LogP contribution >= 0.6 is 23.2 Å². The summed E-state index contributed by atoms with van der Waals surface area (Å²) in [6.45, 7) is 1.43. The molecule has 1 saturated carbocycles. The molecule has 2 aromatic carbocycles. The number of amides is 2. The number of halogens is 3. The maximum Gasteiger partial charge on any atom is 0.248 e. The average molecular weight is 574 g/mol. The first kappa shape index (κ1) is 29.3. The summed E-state index contributed by atoms with van der Waals surface area (Å²) in [5.74, 6) is -2.24. The predicted molar refractivity (Wildman–Crippen MR) is 143 cm³/mol. The molecule has 2 amide bonds. The number of rotatable bonds is 11. The van der Waals surface area contributed by atoms with Gasteiger partial charge in [-0.15, -0.1) is 11.6 Å². The molecule has 1 aliphatic carbocycles. The molecule has 3 rings (SSSR count). The van der Waals surface area contributed by atoms with Gasteiger partial charge in [0.1, 0.15) is 11.9 Å². The smallest absolute Gasteiger partial charge is 0.248 e. The van der Waals surface area contributed by atoms with Gasteiger partial charge >= 0.3 is 0 Å². The molecule has 1 fully saturated rings. The van der Waals surface area contributed by atoms with Gasteiger partial charge in [0.25, 0.3) is 0 Å². The average Bonchev–Trinajstić information content (AvgIpc) is 2.86. The third-order valence-electron chi connectivity index (χ3n) is 6.13. The van der Waals surface area contributed by atoms with E-state index in [0.29, 0.717) is 5.56 Å². The van der Waals surface area contributed by atoms with Crippen LogP contribution in [-0.2, 0) is 19.6 Å². The number of carbonyl (C=O) groups is 2. The third-order valence-corrected chi connectivity index (χ3v) is 8.06. The van der Waals surface area contributed by atoms with Crippen molar-refractivity contribution in [3.05, 3.63) is 64.9 Å². The van der Waals surface area contributed by atoms with Crippen molar-refractivity contribution < 1.29 is 22.4 Å². The normalized spacial score (nSPS) is 16.1. The van der Waals surface area contributed by atoms with E-state index in [-0.39, 0.29) is 28.4 Å². The van der Waals surface area contributed by atoms with Crippen LogP contribution in [0.15, 0.2) is 48.5 Å². The number of nitrogens with zero attached hydrogens (tertiary/aromatic N) is 1. The van der Waals surface area contributed by atoms with Gasteiger partial charge in [0, 0.05) is 28.2 Å². The number of anilines is 1. The molecule has 0 radical (unpaired) electrons. The second kappa shape index (κ2) is 13.5. The Balaban J connectivity index is 2.03. The fraction of sp³-hybridized carbons (Fsp3) is 0.440. The summed E-state index contributed by atoms with van der Waals surface area (Å²) in [7, 11) is -3.80. The molecule has 0 heterocycles. The van der Waals surface area contributed by atoms with Crippen molar-refractivity contribution in [2.75, 3.05) is 16.5 Å². The Kier molecular flexibility index (Phi) is 10.7. The Morgan fingerprint density at radius 1 is 1.11 bits per heavy atom. The molecule has 0 aromatic heterocycles. The summed E-state index contributed by atoms with van der Waals surface area (Å²) >= 11 is 12.0. The van der Waals surface area contributed by atoms with Gasteiger partial charge in [-0.25, -0.2) is 18.2 Å². The van der Waals surface area contributed by atoms with Crippen LogP contribution in [0.25, 0.3) is 0 Å². The number of hydrogen-bond acceptors (Lipinski definition) is 5. The molecule has 0 aliphatic heterocycles. The number of benzene rings is 2. The number of hydrazine groups is 1. The minimum absolute atomic E-state index is 0.0615. The van der Waals surface area contributed by atoms with Crippen LogP contribution in [0.5, 0.6) is 0 Å². The Bertz CT molecular complexity index is 1190. The molecule has 0 spiro atoms. The maximum atomic E-state index is 14.3. The molecule has 3 N–H and O–H groups in total. The highest BCUT2D eigenvalue weighted by Gasteiger charge is 2.37. The van der Waals surface area contributed by atoms with Gasteiger partial charge in [-0.1, -0.05) is 55.1 Å². The molecule has 8 nitrogen and oxygen atoms in total. The van der Waals surface area contributed by atoms with Crippen LogP contribution in [0.2, 0.25) is 5.02 Å². The topological polar surface area (TPSA) is 108 Å². The molecule has 0 bridgehead atoms. The van der Waals surface area contributed by atoms with Gasteiger partial charge in [0.05, 0.1) is 11.8 Å². The number of sulfonamides is 1. The standard InChI is InChI=1S/C25H31Cl2FN4O4S/c1-17(30-31-37(35,36)15-14-26)25(34)32(20-11-7-8-18(28)16-20)23(21-12-5-6-13-22(21)27)24(33)29-19-9-3-2-4-10-19/h5-8,11-13,16-17,19,23,30-31H,2-4,9-10,14-15H2,1H3,(H,29,33)/t17-,23?/m0/s1. The fourth-order valence-corrected chi connectivity index (χ4v) is 5.76. The van der Waals surface area contributed by atoms with Gasteiger partial charge in [-0.05, 0) is 44.0 Å². The molecule has 37 heavy (non-hydrogen) atoms. The monoisotopic (exact) mass is 572 g/mol. The van der Waals surface area contributed by atoms with Crippen molar-refractivity contribution in [2.24, 2.45) is 0 Å². The highest BCUT2D eigenvalue weighted by Crippen LogP contribution is 2.33. The summed E-state index contributed by atoms with van der Waals surface area (Å²) in [6, 6.07) is 9.48. The Morgan fingerprint density at radius 3 is 2.46 bits per heavy atom. The number of nitrogens with one attached hydrogen (secondary N) is 3. The second-order valence-corrected chi connectivity index (χ2v) is 11.6. The molecular weight excluding hydrogens is 542 g/mol. The quantitative estimate of drug-likeness (QED) is 0.278. The first-order valence-corrected chi connectivity index (χ1v) is 14.6. The van der Waals surface area contributed by atoms with Crippen LogP contribution < -0.4 is 20.5 Å². The van der Waals surface area contributed by atoms with E-state index >= 15 is 0 Å². The van der Waals surface area contributed by atoms with E-state index in [4.69, 9.17) is 23.2 Å². The zero-order chi connectivity index (χ0) is 27.0. The summed E-state index contributed by atoms with van der Waals surface area (Å²) in [5, 5.41) is 3.30. The molecule has 2 atom stereocenters.